The molecule has 3 aromatic rings. The molecule has 5 nitrogen and oxygen atoms in total. The molecule has 0 aliphatic carbocycles. The number of fused-ring (bicyclic) bond motifs is 3. The summed E-state index contributed by atoms with van der Waals surface area (Å²) in [6.45, 7) is 0.757. The van der Waals surface area contributed by atoms with Crippen molar-refractivity contribution in [2.45, 2.75) is 4.90 Å². The molecule has 24 heavy (non-hydrogen) atoms. The Hall–Kier alpha value is -2.18. The van der Waals surface area contributed by atoms with Crippen molar-refractivity contribution in [1.82, 2.24) is 9.30 Å². The van der Waals surface area contributed by atoms with Crippen LogP contribution in [0.25, 0.3) is 16.4 Å². The molecule has 0 saturated carbocycles. The van der Waals surface area contributed by atoms with Crippen molar-refractivity contribution >= 4 is 33.2 Å². The monoisotopic (exact) mass is 344 g/mol. The third-order valence-electron chi connectivity index (χ3n) is 3.99. The lowest BCUT2D eigenvalue weighted by Gasteiger charge is -2.09. The van der Waals surface area contributed by atoms with Crippen LogP contribution < -0.4 is 0 Å². The SMILES string of the molecule is COC(=O)c1c2ccc(S(=O)CCN(C)C)cc2n2ccccc12. The molecule has 1 aromatic carbocycles. The van der Waals surface area contributed by atoms with Gasteiger partial charge in [-0.1, -0.05) is 12.1 Å². The van der Waals surface area contributed by atoms with E-state index in [0.717, 1.165) is 27.9 Å². The van der Waals surface area contributed by atoms with Crippen LogP contribution in [-0.4, -0.2) is 53.0 Å². The summed E-state index contributed by atoms with van der Waals surface area (Å²) in [5, 5.41) is 0.807. The first-order valence-electron chi connectivity index (χ1n) is 7.67. The van der Waals surface area contributed by atoms with Gasteiger partial charge in [-0.05, 0) is 38.4 Å². The molecule has 2 aromatic heterocycles. The summed E-state index contributed by atoms with van der Waals surface area (Å²) in [6, 6.07) is 11.3. The number of esters is 1. The highest BCUT2D eigenvalue weighted by Crippen LogP contribution is 2.29. The van der Waals surface area contributed by atoms with Gasteiger partial charge in [0.05, 0.1) is 34.5 Å². The van der Waals surface area contributed by atoms with E-state index in [1.165, 1.54) is 7.11 Å². The predicted molar refractivity (Wildman–Crippen MR) is 96.1 cm³/mol. The van der Waals surface area contributed by atoms with Gasteiger partial charge in [-0.25, -0.2) is 4.79 Å². The van der Waals surface area contributed by atoms with E-state index in [1.807, 2.05) is 66.0 Å². The highest BCUT2D eigenvalue weighted by atomic mass is 32.2. The number of methoxy groups -OCH3 is 1. The quantitative estimate of drug-likeness (QED) is 0.668. The first kappa shape index (κ1) is 16.7. The van der Waals surface area contributed by atoms with Gasteiger partial charge in [-0.2, -0.15) is 0 Å². The van der Waals surface area contributed by atoms with Crippen LogP contribution in [0, 0.1) is 0 Å². The lowest BCUT2D eigenvalue weighted by Crippen LogP contribution is -2.18. The van der Waals surface area contributed by atoms with Gasteiger partial charge >= 0.3 is 5.97 Å². The van der Waals surface area contributed by atoms with Crippen LogP contribution in [0.5, 0.6) is 0 Å². The molecule has 1 atom stereocenters. The molecule has 1 unspecified atom stereocenters. The molecule has 3 rings (SSSR count). The summed E-state index contributed by atoms with van der Waals surface area (Å²) < 4.78 is 19.4. The van der Waals surface area contributed by atoms with Gasteiger partial charge < -0.3 is 14.0 Å². The number of nitrogens with zero attached hydrogens (tertiary/aromatic N) is 2. The lowest BCUT2D eigenvalue weighted by molar-refractivity contribution is 0.0605. The second-order valence-corrected chi connectivity index (χ2v) is 7.43. The Labute approximate surface area is 143 Å². The third kappa shape index (κ3) is 2.95. The van der Waals surface area contributed by atoms with Gasteiger partial charge in [0.2, 0.25) is 0 Å². The van der Waals surface area contributed by atoms with Gasteiger partial charge in [0.25, 0.3) is 0 Å². The van der Waals surface area contributed by atoms with E-state index in [9.17, 15) is 9.00 Å². The summed E-state index contributed by atoms with van der Waals surface area (Å²) in [4.78, 5) is 15.0. The Kier molecular flexibility index (Phi) is 4.69. The standard InChI is InChI=1S/C18H20N2O3S/c1-19(2)10-11-24(22)13-7-8-14-16(12-13)20-9-5-4-6-15(20)17(14)18(21)23-3/h4-9,12H,10-11H2,1-3H3. The minimum Gasteiger partial charge on any atom is -0.465 e. The Bertz CT molecular complexity index is 931. The van der Waals surface area contributed by atoms with E-state index in [0.29, 0.717) is 11.3 Å². The van der Waals surface area contributed by atoms with Gasteiger partial charge in [0, 0.05) is 28.8 Å². The van der Waals surface area contributed by atoms with Crippen molar-refractivity contribution in [3.05, 3.63) is 48.2 Å². The van der Waals surface area contributed by atoms with Crippen molar-refractivity contribution in [3.63, 3.8) is 0 Å². The molecule has 0 saturated heterocycles. The normalized spacial score (nSPS) is 12.8. The predicted octanol–water partition coefficient (Wildman–Crippen LogP) is 2.55. The summed E-state index contributed by atoms with van der Waals surface area (Å²) in [7, 11) is 4.23. The maximum atomic E-state index is 12.5. The number of rotatable bonds is 5. The number of hydrogen-bond donors (Lipinski definition) is 0. The fourth-order valence-electron chi connectivity index (χ4n) is 2.76. The Morgan fingerprint density at radius 2 is 2.00 bits per heavy atom. The summed E-state index contributed by atoms with van der Waals surface area (Å²) in [5.74, 6) is 0.209. The Balaban J connectivity index is 2.15. The molecular weight excluding hydrogens is 324 g/mol. The van der Waals surface area contributed by atoms with Crippen molar-refractivity contribution in [1.29, 1.82) is 0 Å². The van der Waals surface area contributed by atoms with Crippen LogP contribution in [0.3, 0.4) is 0 Å². The van der Waals surface area contributed by atoms with Crippen LogP contribution in [0.1, 0.15) is 10.4 Å². The van der Waals surface area contributed by atoms with Crippen LogP contribution in [-0.2, 0) is 15.5 Å². The zero-order chi connectivity index (χ0) is 17.3. The van der Waals surface area contributed by atoms with Crippen molar-refractivity contribution in [2.75, 3.05) is 33.5 Å². The second kappa shape index (κ2) is 6.75. The fraction of sp³-hybridized carbons (Fsp3) is 0.278. The summed E-state index contributed by atoms with van der Waals surface area (Å²) in [5.41, 5.74) is 2.19. The van der Waals surface area contributed by atoms with E-state index in [-0.39, 0.29) is 5.97 Å². The van der Waals surface area contributed by atoms with Crippen LogP contribution >= 0.6 is 0 Å². The molecule has 0 aliphatic heterocycles. The van der Waals surface area contributed by atoms with Gasteiger partial charge in [-0.15, -0.1) is 0 Å². The Morgan fingerprint density at radius 3 is 2.71 bits per heavy atom. The molecule has 2 heterocycles. The average molecular weight is 344 g/mol. The molecule has 6 heteroatoms. The third-order valence-corrected chi connectivity index (χ3v) is 5.32. The zero-order valence-electron chi connectivity index (χ0n) is 14.0. The van der Waals surface area contributed by atoms with Crippen LogP contribution in [0.2, 0.25) is 0 Å². The minimum atomic E-state index is -1.08. The molecule has 0 N–H and O–H groups in total. The molecule has 126 valence electrons. The number of ether oxygens (including phenoxy) is 1. The molecule has 0 aliphatic rings. The van der Waals surface area contributed by atoms with E-state index in [2.05, 4.69) is 0 Å². The van der Waals surface area contributed by atoms with E-state index in [1.54, 1.807) is 0 Å². The maximum absolute atomic E-state index is 12.5. The number of carbonyl (C=O) groups is 1. The number of aromatic nitrogens is 1. The zero-order valence-corrected chi connectivity index (χ0v) is 14.8. The highest BCUT2D eigenvalue weighted by molar-refractivity contribution is 7.85. The highest BCUT2D eigenvalue weighted by Gasteiger charge is 2.19. The number of carbonyl (C=O) groups excluding carboxylic acids is 1. The lowest BCUT2D eigenvalue weighted by atomic mass is 10.1. The molecule has 0 bridgehead atoms. The van der Waals surface area contributed by atoms with Crippen molar-refractivity contribution in [3.8, 4) is 0 Å². The number of pyridine rings is 1. The molecule has 0 spiro atoms. The first-order chi connectivity index (χ1) is 11.5. The fourth-order valence-corrected chi connectivity index (χ4v) is 3.99. The van der Waals surface area contributed by atoms with Gasteiger partial charge in [-0.3, -0.25) is 4.21 Å². The molecule has 0 amide bonds. The van der Waals surface area contributed by atoms with E-state index >= 15 is 0 Å². The van der Waals surface area contributed by atoms with Gasteiger partial charge in [0.15, 0.2) is 0 Å². The maximum Gasteiger partial charge on any atom is 0.340 e. The first-order valence-corrected chi connectivity index (χ1v) is 8.99. The molecule has 0 radical (unpaired) electrons. The Morgan fingerprint density at radius 1 is 1.21 bits per heavy atom. The summed E-state index contributed by atoms with van der Waals surface area (Å²) in [6.07, 6.45) is 1.90. The van der Waals surface area contributed by atoms with E-state index in [4.69, 9.17) is 4.74 Å². The topological polar surface area (TPSA) is 51.0 Å². The average Bonchev–Trinajstić information content (AvgIpc) is 2.92. The van der Waals surface area contributed by atoms with Gasteiger partial charge in [0.1, 0.15) is 0 Å². The second-order valence-electron chi connectivity index (χ2n) is 5.85. The smallest absolute Gasteiger partial charge is 0.340 e. The van der Waals surface area contributed by atoms with E-state index < -0.39 is 10.8 Å². The summed E-state index contributed by atoms with van der Waals surface area (Å²) >= 11 is 0. The molecule has 0 fully saturated rings. The van der Waals surface area contributed by atoms with Crippen molar-refractivity contribution in [2.24, 2.45) is 0 Å². The van der Waals surface area contributed by atoms with Crippen LogP contribution in [0.15, 0.2) is 47.5 Å². The van der Waals surface area contributed by atoms with Crippen LogP contribution in [0.4, 0.5) is 0 Å². The van der Waals surface area contributed by atoms with Crippen molar-refractivity contribution < 1.29 is 13.7 Å². The minimum absolute atomic E-state index is 0.366. The largest absolute Gasteiger partial charge is 0.465 e. The molecular formula is C18H20N2O3S. The number of hydrogen-bond acceptors (Lipinski definition) is 4. The number of benzene rings is 1.